The van der Waals surface area contributed by atoms with Gasteiger partial charge in [-0.2, -0.15) is 0 Å². The van der Waals surface area contributed by atoms with E-state index < -0.39 is 17.9 Å². The summed E-state index contributed by atoms with van der Waals surface area (Å²) in [5, 5.41) is 3.03. The van der Waals surface area contributed by atoms with Crippen molar-refractivity contribution in [2.24, 2.45) is 0 Å². The highest BCUT2D eigenvalue weighted by atomic mass is 32.1. The first-order valence-corrected chi connectivity index (χ1v) is 9.60. The highest BCUT2D eigenvalue weighted by Crippen LogP contribution is 2.33. The number of amides is 1. The summed E-state index contributed by atoms with van der Waals surface area (Å²) in [4.78, 5) is 52.5. The molecular weight excluding hydrogens is 380 g/mol. The average molecular weight is 404 g/mol. The first-order valence-electron chi connectivity index (χ1n) is 8.78. The predicted molar refractivity (Wildman–Crippen MR) is 108 cm³/mol. The van der Waals surface area contributed by atoms with Gasteiger partial charge in [0, 0.05) is 23.1 Å². The molecule has 0 aromatic carbocycles. The van der Waals surface area contributed by atoms with E-state index in [1.807, 2.05) is 6.92 Å². The van der Waals surface area contributed by atoms with Crippen molar-refractivity contribution in [2.45, 2.75) is 54.6 Å². The Labute approximate surface area is 167 Å². The van der Waals surface area contributed by atoms with Crippen LogP contribution in [0.5, 0.6) is 0 Å². The molecule has 0 unspecified atom stereocenters. The van der Waals surface area contributed by atoms with E-state index in [9.17, 15) is 19.2 Å². The molecule has 1 amide bonds. The molecule has 0 spiro atoms. The fraction of sp³-hybridized carbons (Fsp3) is 0.400. The van der Waals surface area contributed by atoms with Crippen LogP contribution in [0.15, 0.2) is 0 Å². The summed E-state index contributed by atoms with van der Waals surface area (Å²) >= 11 is 1.28. The van der Waals surface area contributed by atoms with Crippen molar-refractivity contribution in [3.05, 3.63) is 38.5 Å². The van der Waals surface area contributed by atoms with Gasteiger partial charge in [0.1, 0.15) is 5.00 Å². The predicted octanol–water partition coefficient (Wildman–Crippen LogP) is 3.90. The fourth-order valence-electron chi connectivity index (χ4n) is 3.12. The number of esters is 1. The van der Waals surface area contributed by atoms with Crippen molar-refractivity contribution in [1.82, 2.24) is 4.98 Å². The van der Waals surface area contributed by atoms with Gasteiger partial charge in [-0.1, -0.05) is 0 Å². The number of hydrogen-bond acceptors (Lipinski definition) is 6. The third-order valence-corrected chi connectivity index (χ3v) is 5.69. The maximum atomic E-state index is 12.8. The molecule has 1 atom stereocenters. The highest BCUT2D eigenvalue weighted by molar-refractivity contribution is 7.16. The van der Waals surface area contributed by atoms with E-state index in [0.29, 0.717) is 27.4 Å². The highest BCUT2D eigenvalue weighted by Gasteiger charge is 2.29. The molecule has 150 valence electrons. The van der Waals surface area contributed by atoms with Gasteiger partial charge in [0.05, 0.1) is 11.3 Å². The van der Waals surface area contributed by atoms with E-state index in [4.69, 9.17) is 4.74 Å². The Morgan fingerprint density at radius 3 is 2.11 bits per heavy atom. The number of rotatable bonds is 6. The normalized spacial score (nSPS) is 11.8. The van der Waals surface area contributed by atoms with Crippen LogP contribution in [0.2, 0.25) is 0 Å². The maximum absolute atomic E-state index is 12.8. The van der Waals surface area contributed by atoms with Crippen LogP contribution < -0.4 is 5.32 Å². The zero-order chi connectivity index (χ0) is 21.3. The van der Waals surface area contributed by atoms with Crippen molar-refractivity contribution >= 4 is 39.8 Å². The van der Waals surface area contributed by atoms with Crippen LogP contribution in [0.25, 0.3) is 0 Å². The number of carbonyl (C=O) groups excluding carboxylic acids is 4. The molecule has 2 N–H and O–H groups in total. The van der Waals surface area contributed by atoms with E-state index in [-0.39, 0.29) is 22.9 Å². The Balaban J connectivity index is 2.29. The van der Waals surface area contributed by atoms with Gasteiger partial charge in [-0.3, -0.25) is 14.4 Å². The average Bonchev–Trinajstić information content (AvgIpc) is 3.01. The molecule has 0 radical (unpaired) electrons. The van der Waals surface area contributed by atoms with Crippen LogP contribution in [0.4, 0.5) is 5.00 Å². The quantitative estimate of drug-likeness (QED) is 0.561. The summed E-state index contributed by atoms with van der Waals surface area (Å²) in [6.45, 7) is 11.3. The van der Waals surface area contributed by atoms with Crippen LogP contribution in [0.3, 0.4) is 0 Å². The number of nitrogens with one attached hydrogen (secondary N) is 2. The molecule has 0 aliphatic carbocycles. The Hall–Kier alpha value is -2.74. The van der Waals surface area contributed by atoms with Crippen molar-refractivity contribution < 1.29 is 23.9 Å². The number of ether oxygens (including phenoxy) is 1. The number of thiophene rings is 1. The molecule has 0 aliphatic rings. The van der Waals surface area contributed by atoms with Gasteiger partial charge >= 0.3 is 5.97 Å². The van der Waals surface area contributed by atoms with Gasteiger partial charge in [-0.25, -0.2) is 4.79 Å². The second-order valence-corrected chi connectivity index (χ2v) is 7.99. The lowest BCUT2D eigenvalue weighted by Crippen LogP contribution is -2.26. The third-order valence-electron chi connectivity index (χ3n) is 4.57. The van der Waals surface area contributed by atoms with Gasteiger partial charge < -0.3 is 15.0 Å². The van der Waals surface area contributed by atoms with Crippen LogP contribution in [-0.4, -0.2) is 34.5 Å². The van der Waals surface area contributed by atoms with Crippen molar-refractivity contribution in [3.8, 4) is 0 Å². The maximum Gasteiger partial charge on any atom is 0.342 e. The summed E-state index contributed by atoms with van der Waals surface area (Å²) in [7, 11) is 0. The molecule has 2 heterocycles. The third kappa shape index (κ3) is 4.06. The summed E-state index contributed by atoms with van der Waals surface area (Å²) in [5.74, 6) is -1.54. The lowest BCUT2D eigenvalue weighted by molar-refractivity contribution is -0.114. The monoisotopic (exact) mass is 404 g/mol. The fourth-order valence-corrected chi connectivity index (χ4v) is 4.22. The molecule has 2 rings (SSSR count). The van der Waals surface area contributed by atoms with Gasteiger partial charge in [0.25, 0.3) is 0 Å². The number of hydrogen-bond donors (Lipinski definition) is 2. The number of aromatic amines is 1. The second kappa shape index (κ2) is 8.10. The largest absolute Gasteiger partial charge is 0.451 e. The van der Waals surface area contributed by atoms with E-state index >= 15 is 0 Å². The molecule has 0 fully saturated rings. The first-order chi connectivity index (χ1) is 13.0. The number of carbonyl (C=O) groups is 4. The lowest BCUT2D eigenvalue weighted by atomic mass is 10.0. The molecule has 0 saturated heterocycles. The SMILES string of the molecule is CC(=O)Nc1sc(C)c(C)c1C(=O)O[C@H](C)C(=O)c1[nH]c(C)c(C(C)=O)c1C. The van der Waals surface area contributed by atoms with Crippen molar-refractivity contribution in [2.75, 3.05) is 5.32 Å². The smallest absolute Gasteiger partial charge is 0.342 e. The summed E-state index contributed by atoms with van der Waals surface area (Å²) < 4.78 is 5.40. The topological polar surface area (TPSA) is 105 Å². The number of Topliss-reactive ketones (excluding diaryl/α,β-unsaturated/α-hetero) is 2. The van der Waals surface area contributed by atoms with E-state index in [1.54, 1.807) is 20.8 Å². The zero-order valence-corrected chi connectivity index (χ0v) is 17.8. The van der Waals surface area contributed by atoms with Crippen molar-refractivity contribution in [1.29, 1.82) is 0 Å². The Morgan fingerprint density at radius 1 is 1.00 bits per heavy atom. The molecule has 7 nitrogen and oxygen atoms in total. The molecular formula is C20H24N2O5S. The lowest BCUT2D eigenvalue weighted by Gasteiger charge is -2.13. The Kier molecular flexibility index (Phi) is 6.23. The van der Waals surface area contributed by atoms with Gasteiger partial charge in [0.2, 0.25) is 11.7 Å². The van der Waals surface area contributed by atoms with Crippen LogP contribution in [-0.2, 0) is 9.53 Å². The number of aryl methyl sites for hydroxylation is 2. The second-order valence-electron chi connectivity index (χ2n) is 6.76. The Morgan fingerprint density at radius 2 is 1.61 bits per heavy atom. The minimum absolute atomic E-state index is 0.140. The van der Waals surface area contributed by atoms with E-state index in [1.165, 1.54) is 32.1 Å². The van der Waals surface area contributed by atoms with Gasteiger partial charge in [-0.15, -0.1) is 11.3 Å². The van der Waals surface area contributed by atoms with Gasteiger partial charge in [-0.05, 0) is 52.7 Å². The summed E-state index contributed by atoms with van der Waals surface area (Å²) in [6, 6.07) is 0. The first kappa shape index (κ1) is 21.6. The molecule has 0 bridgehead atoms. The van der Waals surface area contributed by atoms with Gasteiger partial charge in [0.15, 0.2) is 11.9 Å². The van der Waals surface area contributed by atoms with Crippen molar-refractivity contribution in [3.63, 3.8) is 0 Å². The number of anilines is 1. The van der Waals surface area contributed by atoms with E-state index in [2.05, 4.69) is 10.3 Å². The molecule has 2 aromatic rings. The number of aromatic nitrogens is 1. The minimum atomic E-state index is -1.06. The standard InChI is InChI=1S/C20H24N2O5S/c1-8-13(6)28-19(22-14(7)24)16(8)20(26)27-12(5)18(25)17-9(2)15(11(4)23)10(3)21-17/h12,21H,1-7H3,(H,22,24)/t12-/m1/s1. The molecule has 8 heteroatoms. The van der Waals surface area contributed by atoms with Crippen LogP contribution >= 0.6 is 11.3 Å². The molecule has 28 heavy (non-hydrogen) atoms. The number of ketones is 2. The molecule has 0 saturated carbocycles. The molecule has 0 aliphatic heterocycles. The van der Waals surface area contributed by atoms with Crippen LogP contribution in [0, 0.1) is 27.7 Å². The summed E-state index contributed by atoms with van der Waals surface area (Å²) in [6.07, 6.45) is -1.06. The molecule has 2 aromatic heterocycles. The van der Waals surface area contributed by atoms with E-state index in [0.717, 1.165) is 4.88 Å². The number of H-pyrrole nitrogens is 1. The van der Waals surface area contributed by atoms with Crippen LogP contribution in [0.1, 0.15) is 73.7 Å². The Bertz CT molecular complexity index is 983. The zero-order valence-electron chi connectivity index (χ0n) is 17.0. The summed E-state index contributed by atoms with van der Waals surface area (Å²) in [5.41, 5.74) is 2.82. The minimum Gasteiger partial charge on any atom is -0.451 e.